The minimum absolute atomic E-state index is 0.0881. The van der Waals surface area contributed by atoms with Gasteiger partial charge in [-0.25, -0.2) is 9.37 Å². The summed E-state index contributed by atoms with van der Waals surface area (Å²) in [7, 11) is 0. The second-order valence-corrected chi connectivity index (χ2v) is 9.89. The first-order valence-electron chi connectivity index (χ1n) is 12.5. The fourth-order valence-electron chi connectivity index (χ4n) is 5.63. The predicted molar refractivity (Wildman–Crippen MR) is 132 cm³/mol. The Morgan fingerprint density at radius 3 is 2.94 bits per heavy atom. The maximum Gasteiger partial charge on any atom is 0.220 e. The molecule has 7 heteroatoms. The van der Waals surface area contributed by atoms with Crippen LogP contribution in [0, 0.1) is 17.7 Å². The Morgan fingerprint density at radius 1 is 1.18 bits per heavy atom. The predicted octanol–water partition coefficient (Wildman–Crippen LogP) is 3.64. The van der Waals surface area contributed by atoms with Crippen molar-refractivity contribution < 1.29 is 9.18 Å². The molecule has 3 N–H and O–H groups in total. The summed E-state index contributed by atoms with van der Waals surface area (Å²) in [6.45, 7) is 4.95. The summed E-state index contributed by atoms with van der Waals surface area (Å²) in [6.07, 6.45) is 4.39. The Labute approximate surface area is 200 Å². The lowest BCUT2D eigenvalue weighted by atomic mass is 9.79. The lowest BCUT2D eigenvalue weighted by molar-refractivity contribution is -0.121. The van der Waals surface area contributed by atoms with Crippen molar-refractivity contribution in [2.75, 3.05) is 26.2 Å². The highest BCUT2D eigenvalue weighted by molar-refractivity contribution is 5.76. The molecule has 0 spiro atoms. The van der Waals surface area contributed by atoms with Crippen LogP contribution in [0.15, 0.2) is 48.5 Å². The summed E-state index contributed by atoms with van der Waals surface area (Å²) in [5, 5.41) is 6.76. The van der Waals surface area contributed by atoms with Crippen molar-refractivity contribution >= 4 is 16.9 Å². The van der Waals surface area contributed by atoms with E-state index in [2.05, 4.69) is 55.8 Å². The molecule has 1 aromatic heterocycles. The number of rotatable bonds is 9. The molecule has 2 aliphatic heterocycles. The maximum atomic E-state index is 13.3. The van der Waals surface area contributed by atoms with E-state index in [9.17, 15) is 9.18 Å². The molecular weight excluding hydrogens is 429 g/mol. The van der Waals surface area contributed by atoms with Crippen molar-refractivity contribution in [3.8, 4) is 0 Å². The summed E-state index contributed by atoms with van der Waals surface area (Å²) in [6, 6.07) is 15.8. The third-order valence-electron chi connectivity index (χ3n) is 7.23. The minimum Gasteiger partial charge on any atom is -0.356 e. The number of likely N-dealkylation sites (tertiary alicyclic amines) is 1. The number of benzene rings is 2. The number of halogens is 1. The van der Waals surface area contributed by atoms with Gasteiger partial charge in [0.25, 0.3) is 0 Å². The van der Waals surface area contributed by atoms with Gasteiger partial charge in [-0.2, -0.15) is 0 Å². The second-order valence-electron chi connectivity index (χ2n) is 9.89. The Bertz CT molecular complexity index is 1100. The normalized spacial score (nSPS) is 22.7. The highest BCUT2D eigenvalue weighted by atomic mass is 19.1. The quantitative estimate of drug-likeness (QED) is 0.453. The van der Waals surface area contributed by atoms with Crippen LogP contribution in [0.1, 0.15) is 37.1 Å². The Balaban J connectivity index is 1.02. The molecular formula is C27H34FN5O. The van der Waals surface area contributed by atoms with Gasteiger partial charge < -0.3 is 15.6 Å². The molecule has 0 aliphatic carbocycles. The first kappa shape index (κ1) is 23.0. The Kier molecular flexibility index (Phi) is 7.21. The number of aromatic nitrogens is 2. The highest BCUT2D eigenvalue weighted by Crippen LogP contribution is 2.31. The summed E-state index contributed by atoms with van der Waals surface area (Å²) in [4.78, 5) is 22.5. The average molecular weight is 464 g/mol. The minimum atomic E-state index is -0.281. The Morgan fingerprint density at radius 2 is 2.06 bits per heavy atom. The first-order chi connectivity index (χ1) is 16.6. The summed E-state index contributed by atoms with van der Waals surface area (Å²) in [5.41, 5.74) is 2.82. The number of amides is 1. The summed E-state index contributed by atoms with van der Waals surface area (Å²) < 4.78 is 13.3. The van der Waals surface area contributed by atoms with Crippen LogP contribution in [-0.4, -0.2) is 53.0 Å². The number of nitrogens with zero attached hydrogens (tertiary/aromatic N) is 2. The summed E-state index contributed by atoms with van der Waals surface area (Å²) >= 11 is 0. The van der Waals surface area contributed by atoms with Crippen molar-refractivity contribution in [2.45, 2.75) is 44.7 Å². The van der Waals surface area contributed by atoms with E-state index in [1.54, 1.807) is 6.07 Å². The largest absolute Gasteiger partial charge is 0.356 e. The molecule has 3 aromatic rings. The topological polar surface area (TPSA) is 73.1 Å². The maximum absolute atomic E-state index is 13.3. The molecule has 3 heterocycles. The van der Waals surface area contributed by atoms with E-state index >= 15 is 0 Å². The van der Waals surface area contributed by atoms with Gasteiger partial charge in [0.05, 0.1) is 11.0 Å². The molecule has 180 valence electrons. The molecule has 2 fully saturated rings. The van der Waals surface area contributed by atoms with Crippen LogP contribution in [0.3, 0.4) is 0 Å². The van der Waals surface area contributed by atoms with Gasteiger partial charge in [-0.3, -0.25) is 9.69 Å². The monoisotopic (exact) mass is 463 g/mol. The van der Waals surface area contributed by atoms with E-state index < -0.39 is 0 Å². The van der Waals surface area contributed by atoms with E-state index in [1.165, 1.54) is 30.7 Å². The number of nitrogens with one attached hydrogen (secondary N) is 3. The number of piperidine rings is 2. The van der Waals surface area contributed by atoms with Gasteiger partial charge in [0.1, 0.15) is 11.6 Å². The third kappa shape index (κ3) is 5.83. The Hall–Kier alpha value is -2.77. The average Bonchev–Trinajstić information content (AvgIpc) is 3.23. The molecule has 5 rings (SSSR count). The molecule has 2 saturated heterocycles. The van der Waals surface area contributed by atoms with Gasteiger partial charge in [0.2, 0.25) is 5.91 Å². The zero-order valence-electron chi connectivity index (χ0n) is 19.6. The zero-order chi connectivity index (χ0) is 23.3. The van der Waals surface area contributed by atoms with Gasteiger partial charge in [-0.15, -0.1) is 0 Å². The van der Waals surface area contributed by atoms with Crippen molar-refractivity contribution in [2.24, 2.45) is 11.8 Å². The summed E-state index contributed by atoms with van der Waals surface area (Å²) in [5.74, 6) is 1.97. The first-order valence-corrected chi connectivity index (χ1v) is 12.5. The molecule has 2 unspecified atom stereocenters. The van der Waals surface area contributed by atoms with Gasteiger partial charge in [-0.1, -0.05) is 30.3 Å². The number of hydrogen-bond acceptors (Lipinski definition) is 4. The highest BCUT2D eigenvalue weighted by Gasteiger charge is 2.36. The van der Waals surface area contributed by atoms with E-state index in [0.29, 0.717) is 36.9 Å². The third-order valence-corrected chi connectivity index (χ3v) is 7.23. The van der Waals surface area contributed by atoms with Gasteiger partial charge in [0, 0.05) is 45.1 Å². The van der Waals surface area contributed by atoms with Gasteiger partial charge in [0.15, 0.2) is 0 Å². The fourth-order valence-corrected chi connectivity index (χ4v) is 5.63. The van der Waals surface area contributed by atoms with E-state index in [-0.39, 0.29) is 11.7 Å². The molecule has 2 bridgehead atoms. The van der Waals surface area contributed by atoms with Crippen LogP contribution in [0.2, 0.25) is 0 Å². The zero-order valence-corrected chi connectivity index (χ0v) is 19.6. The second kappa shape index (κ2) is 10.7. The standard InChI is InChI=1S/C27H34FN5O/c28-22-9-10-24-25(14-22)32-26(31-24)11-12-29-27(34)8-4-7-23-21-13-20(15-30-23)17-33(18-21)16-19-5-2-1-3-6-19/h1-3,5-6,9-10,14,20-21,23,30H,4,7-8,11-13,15-18H2,(H,29,34)(H,31,32)/t20?,21?,23-/m1/s1. The fraction of sp³-hybridized carbons (Fsp3) is 0.481. The number of aromatic amines is 1. The van der Waals surface area contributed by atoms with E-state index in [4.69, 9.17) is 0 Å². The van der Waals surface area contributed by atoms with Crippen molar-refractivity contribution in [1.29, 1.82) is 0 Å². The van der Waals surface area contributed by atoms with Crippen LogP contribution >= 0.6 is 0 Å². The number of H-pyrrole nitrogens is 1. The van der Waals surface area contributed by atoms with Gasteiger partial charge in [-0.05, 0) is 61.4 Å². The molecule has 3 atom stereocenters. The van der Waals surface area contributed by atoms with Crippen molar-refractivity contribution in [3.63, 3.8) is 0 Å². The number of imidazole rings is 1. The van der Waals surface area contributed by atoms with Crippen molar-refractivity contribution in [3.05, 3.63) is 65.7 Å². The van der Waals surface area contributed by atoms with E-state index in [1.807, 2.05) is 0 Å². The smallest absolute Gasteiger partial charge is 0.220 e. The molecule has 1 amide bonds. The molecule has 2 aromatic carbocycles. The van der Waals surface area contributed by atoms with Crippen LogP contribution < -0.4 is 10.6 Å². The van der Waals surface area contributed by atoms with Gasteiger partial charge >= 0.3 is 0 Å². The number of fused-ring (bicyclic) bond motifs is 3. The molecule has 6 nitrogen and oxygen atoms in total. The lowest BCUT2D eigenvalue weighted by Crippen LogP contribution is -2.55. The number of hydrogen-bond donors (Lipinski definition) is 3. The van der Waals surface area contributed by atoms with E-state index in [0.717, 1.165) is 49.7 Å². The van der Waals surface area contributed by atoms with Crippen LogP contribution in [-0.2, 0) is 17.8 Å². The number of carbonyl (C=O) groups is 1. The SMILES string of the molecule is O=C(CCC[C@H]1NCC2CC1CN(Cc1ccccc1)C2)NCCc1nc2ccc(F)cc2[nH]1. The lowest BCUT2D eigenvalue weighted by Gasteiger charge is -2.46. The molecule has 0 radical (unpaired) electrons. The van der Waals surface area contributed by atoms with Crippen molar-refractivity contribution in [1.82, 2.24) is 25.5 Å². The van der Waals surface area contributed by atoms with Crippen LogP contribution in [0.5, 0.6) is 0 Å². The molecule has 2 aliphatic rings. The number of carbonyl (C=O) groups excluding carboxylic acids is 1. The molecule has 0 saturated carbocycles. The van der Waals surface area contributed by atoms with Crippen LogP contribution in [0.4, 0.5) is 4.39 Å². The van der Waals surface area contributed by atoms with Crippen LogP contribution in [0.25, 0.3) is 11.0 Å². The molecule has 34 heavy (non-hydrogen) atoms.